The predicted molar refractivity (Wildman–Crippen MR) is 75.6 cm³/mol. The van der Waals surface area contributed by atoms with Crippen molar-refractivity contribution in [2.24, 2.45) is 5.92 Å². The Morgan fingerprint density at radius 2 is 2.33 bits per heavy atom. The van der Waals surface area contributed by atoms with Crippen molar-refractivity contribution in [2.75, 3.05) is 19.6 Å². The van der Waals surface area contributed by atoms with E-state index in [1.54, 1.807) is 0 Å². The van der Waals surface area contributed by atoms with E-state index in [4.69, 9.17) is 0 Å². The van der Waals surface area contributed by atoms with Crippen LogP contribution in [0.3, 0.4) is 0 Å². The summed E-state index contributed by atoms with van der Waals surface area (Å²) >= 11 is 0. The lowest BCUT2D eigenvalue weighted by molar-refractivity contribution is -0.384. The number of amides is 1. The van der Waals surface area contributed by atoms with Gasteiger partial charge in [-0.25, -0.2) is 4.39 Å². The minimum absolute atomic E-state index is 0.286. The number of piperidine rings is 1. The molecule has 114 valence electrons. The third-order valence-corrected chi connectivity index (χ3v) is 3.64. The van der Waals surface area contributed by atoms with Crippen molar-refractivity contribution < 1.29 is 14.1 Å². The number of nitro groups is 1. The SMILES string of the molecule is O=C(NCCC1CCCNC1)c1cc([N+](=O)[O-])ccc1F. The van der Waals surface area contributed by atoms with Crippen LogP contribution in [0.15, 0.2) is 18.2 Å². The van der Waals surface area contributed by atoms with Gasteiger partial charge in [-0.3, -0.25) is 14.9 Å². The molecule has 0 spiro atoms. The molecule has 1 aliphatic rings. The van der Waals surface area contributed by atoms with Crippen molar-refractivity contribution in [1.29, 1.82) is 0 Å². The Bertz CT molecular complexity index is 530. The minimum Gasteiger partial charge on any atom is -0.352 e. The Labute approximate surface area is 121 Å². The molecule has 7 heteroatoms. The lowest BCUT2D eigenvalue weighted by Gasteiger charge is -2.22. The van der Waals surface area contributed by atoms with Crippen LogP contribution in [-0.4, -0.2) is 30.5 Å². The zero-order valence-electron chi connectivity index (χ0n) is 11.6. The van der Waals surface area contributed by atoms with Gasteiger partial charge in [-0.1, -0.05) is 0 Å². The van der Waals surface area contributed by atoms with Gasteiger partial charge in [0, 0.05) is 18.7 Å². The first-order chi connectivity index (χ1) is 10.1. The van der Waals surface area contributed by atoms with E-state index in [0.29, 0.717) is 12.5 Å². The number of carbonyl (C=O) groups is 1. The first-order valence-corrected chi connectivity index (χ1v) is 7.01. The van der Waals surface area contributed by atoms with Gasteiger partial charge in [-0.2, -0.15) is 0 Å². The van der Waals surface area contributed by atoms with Crippen LogP contribution >= 0.6 is 0 Å². The summed E-state index contributed by atoms with van der Waals surface area (Å²) in [5.74, 6) is -0.855. The standard InChI is InChI=1S/C14H18FN3O3/c15-13-4-3-11(18(20)21)8-12(13)14(19)17-7-5-10-2-1-6-16-9-10/h3-4,8,10,16H,1-2,5-7,9H2,(H,17,19). The van der Waals surface area contributed by atoms with Crippen LogP contribution in [0.2, 0.25) is 0 Å². The van der Waals surface area contributed by atoms with Crippen LogP contribution in [-0.2, 0) is 0 Å². The normalized spacial score (nSPS) is 18.2. The Morgan fingerprint density at radius 1 is 1.52 bits per heavy atom. The summed E-state index contributed by atoms with van der Waals surface area (Å²) < 4.78 is 13.6. The molecule has 1 aliphatic heterocycles. The van der Waals surface area contributed by atoms with Gasteiger partial charge in [0.25, 0.3) is 11.6 Å². The Balaban J connectivity index is 1.90. The fourth-order valence-corrected chi connectivity index (χ4v) is 2.46. The molecular formula is C14H18FN3O3. The van der Waals surface area contributed by atoms with Crippen LogP contribution in [0, 0.1) is 21.8 Å². The van der Waals surface area contributed by atoms with E-state index in [2.05, 4.69) is 10.6 Å². The predicted octanol–water partition coefficient (Wildman–Crippen LogP) is 1.85. The number of nitrogens with zero attached hydrogens (tertiary/aromatic N) is 1. The number of halogens is 1. The summed E-state index contributed by atoms with van der Waals surface area (Å²) in [5.41, 5.74) is -0.580. The molecule has 2 rings (SSSR count). The van der Waals surface area contributed by atoms with Crippen molar-refractivity contribution in [3.05, 3.63) is 39.7 Å². The molecule has 0 aliphatic carbocycles. The highest BCUT2D eigenvalue weighted by atomic mass is 19.1. The average molecular weight is 295 g/mol. The van der Waals surface area contributed by atoms with E-state index in [0.717, 1.165) is 50.6 Å². The molecule has 1 saturated heterocycles. The number of non-ortho nitro benzene ring substituents is 1. The van der Waals surface area contributed by atoms with E-state index in [1.165, 1.54) is 0 Å². The van der Waals surface area contributed by atoms with Gasteiger partial charge in [-0.05, 0) is 44.3 Å². The second-order valence-corrected chi connectivity index (χ2v) is 5.18. The summed E-state index contributed by atoms with van der Waals surface area (Å²) in [6.45, 7) is 2.40. The highest BCUT2D eigenvalue weighted by molar-refractivity contribution is 5.95. The zero-order valence-corrected chi connectivity index (χ0v) is 11.6. The number of rotatable bonds is 5. The molecule has 1 amide bonds. The van der Waals surface area contributed by atoms with Gasteiger partial charge < -0.3 is 10.6 Å². The minimum atomic E-state index is -0.752. The molecule has 1 fully saturated rings. The molecule has 0 aromatic heterocycles. The smallest absolute Gasteiger partial charge is 0.270 e. The molecule has 0 radical (unpaired) electrons. The number of benzene rings is 1. The van der Waals surface area contributed by atoms with Gasteiger partial charge in [0.15, 0.2) is 0 Å². The Morgan fingerprint density at radius 3 is 3.00 bits per heavy atom. The van der Waals surface area contributed by atoms with Gasteiger partial charge in [-0.15, -0.1) is 0 Å². The molecule has 0 saturated carbocycles. The van der Waals surface area contributed by atoms with E-state index in [9.17, 15) is 19.3 Å². The maximum Gasteiger partial charge on any atom is 0.270 e. The zero-order chi connectivity index (χ0) is 15.2. The van der Waals surface area contributed by atoms with Crippen molar-refractivity contribution in [3.63, 3.8) is 0 Å². The molecule has 2 N–H and O–H groups in total. The summed E-state index contributed by atoms with van der Waals surface area (Å²) in [5, 5.41) is 16.6. The van der Waals surface area contributed by atoms with Crippen LogP contribution in [0.4, 0.5) is 10.1 Å². The number of hydrogen-bond acceptors (Lipinski definition) is 4. The summed E-state index contributed by atoms with van der Waals surface area (Å²) in [6, 6.07) is 2.95. The largest absolute Gasteiger partial charge is 0.352 e. The number of carbonyl (C=O) groups excluding carboxylic acids is 1. The molecule has 1 aromatic carbocycles. The first kappa shape index (κ1) is 15.4. The van der Waals surface area contributed by atoms with Crippen LogP contribution in [0.1, 0.15) is 29.6 Å². The monoisotopic (exact) mass is 295 g/mol. The van der Waals surface area contributed by atoms with Gasteiger partial charge in [0.1, 0.15) is 5.82 Å². The molecule has 0 bridgehead atoms. The van der Waals surface area contributed by atoms with Gasteiger partial charge in [0.05, 0.1) is 10.5 Å². The fraction of sp³-hybridized carbons (Fsp3) is 0.500. The summed E-state index contributed by atoms with van der Waals surface area (Å²) in [4.78, 5) is 21.9. The lowest BCUT2D eigenvalue weighted by Crippen LogP contribution is -2.33. The molecule has 1 atom stereocenters. The third-order valence-electron chi connectivity index (χ3n) is 3.64. The van der Waals surface area contributed by atoms with Crippen molar-refractivity contribution in [1.82, 2.24) is 10.6 Å². The topological polar surface area (TPSA) is 84.3 Å². The molecule has 1 heterocycles. The Hall–Kier alpha value is -2.02. The molecule has 21 heavy (non-hydrogen) atoms. The second kappa shape index (κ2) is 7.12. The molecular weight excluding hydrogens is 277 g/mol. The van der Waals surface area contributed by atoms with Gasteiger partial charge in [0.2, 0.25) is 0 Å². The van der Waals surface area contributed by atoms with Crippen LogP contribution in [0.5, 0.6) is 0 Å². The quantitative estimate of drug-likeness (QED) is 0.641. The van der Waals surface area contributed by atoms with Crippen molar-refractivity contribution >= 4 is 11.6 Å². The maximum absolute atomic E-state index is 13.6. The lowest BCUT2D eigenvalue weighted by atomic mass is 9.96. The highest BCUT2D eigenvalue weighted by Crippen LogP contribution is 2.17. The molecule has 1 aromatic rings. The third kappa shape index (κ3) is 4.22. The maximum atomic E-state index is 13.6. The number of nitrogens with one attached hydrogen (secondary N) is 2. The van der Waals surface area contributed by atoms with Crippen molar-refractivity contribution in [3.8, 4) is 0 Å². The summed E-state index contributed by atoms with van der Waals surface area (Å²) in [6.07, 6.45) is 3.06. The Kier molecular flexibility index (Phi) is 5.21. The van der Waals surface area contributed by atoms with Crippen LogP contribution < -0.4 is 10.6 Å². The number of nitro benzene ring substituents is 1. The fourth-order valence-electron chi connectivity index (χ4n) is 2.46. The molecule has 6 nitrogen and oxygen atoms in total. The van der Waals surface area contributed by atoms with Crippen LogP contribution in [0.25, 0.3) is 0 Å². The van der Waals surface area contributed by atoms with E-state index in [-0.39, 0.29) is 11.3 Å². The van der Waals surface area contributed by atoms with Gasteiger partial charge >= 0.3 is 0 Å². The first-order valence-electron chi connectivity index (χ1n) is 7.01. The van der Waals surface area contributed by atoms with Crippen molar-refractivity contribution in [2.45, 2.75) is 19.3 Å². The van der Waals surface area contributed by atoms with E-state index < -0.39 is 16.6 Å². The van der Waals surface area contributed by atoms with E-state index >= 15 is 0 Å². The second-order valence-electron chi connectivity index (χ2n) is 5.18. The number of hydrogen-bond donors (Lipinski definition) is 2. The molecule has 1 unspecified atom stereocenters. The average Bonchev–Trinajstić information content (AvgIpc) is 2.48. The van der Waals surface area contributed by atoms with E-state index in [1.807, 2.05) is 0 Å². The summed E-state index contributed by atoms with van der Waals surface area (Å²) in [7, 11) is 0. The highest BCUT2D eigenvalue weighted by Gasteiger charge is 2.17.